The SMILES string of the molecule is CCSCCN=C(C)c1ccccc1O. The molecule has 0 aliphatic heterocycles. The van der Waals surface area contributed by atoms with Crippen LogP contribution in [0.2, 0.25) is 0 Å². The van der Waals surface area contributed by atoms with Crippen molar-refractivity contribution in [2.75, 3.05) is 18.1 Å². The molecule has 0 amide bonds. The molecule has 1 rings (SSSR count). The minimum absolute atomic E-state index is 0.307. The van der Waals surface area contributed by atoms with Gasteiger partial charge in [0.05, 0.1) is 0 Å². The van der Waals surface area contributed by atoms with Crippen LogP contribution in [-0.2, 0) is 0 Å². The van der Waals surface area contributed by atoms with E-state index in [4.69, 9.17) is 0 Å². The lowest BCUT2D eigenvalue weighted by Gasteiger charge is -2.03. The van der Waals surface area contributed by atoms with E-state index in [0.29, 0.717) is 5.75 Å². The molecule has 82 valence electrons. The molecule has 0 spiro atoms. The van der Waals surface area contributed by atoms with Gasteiger partial charge in [-0.2, -0.15) is 11.8 Å². The van der Waals surface area contributed by atoms with Crippen LogP contribution >= 0.6 is 11.8 Å². The van der Waals surface area contributed by atoms with Crippen molar-refractivity contribution >= 4 is 17.5 Å². The molecule has 0 saturated carbocycles. The Labute approximate surface area is 95.4 Å². The number of aliphatic imine (C=N–C) groups is 1. The highest BCUT2D eigenvalue weighted by atomic mass is 32.2. The molecule has 0 fully saturated rings. The molecule has 0 saturated heterocycles. The van der Waals surface area contributed by atoms with Crippen LogP contribution in [-0.4, -0.2) is 28.9 Å². The summed E-state index contributed by atoms with van der Waals surface area (Å²) in [6, 6.07) is 7.31. The molecule has 0 aliphatic rings. The average Bonchev–Trinajstić information content (AvgIpc) is 2.25. The molecule has 1 aromatic rings. The van der Waals surface area contributed by atoms with E-state index in [-0.39, 0.29) is 0 Å². The highest BCUT2D eigenvalue weighted by Crippen LogP contribution is 2.16. The van der Waals surface area contributed by atoms with E-state index >= 15 is 0 Å². The van der Waals surface area contributed by atoms with Gasteiger partial charge in [-0.1, -0.05) is 19.1 Å². The first-order chi connectivity index (χ1) is 7.25. The second-order valence-electron chi connectivity index (χ2n) is 3.18. The first-order valence-electron chi connectivity index (χ1n) is 5.13. The van der Waals surface area contributed by atoms with E-state index in [2.05, 4.69) is 11.9 Å². The highest BCUT2D eigenvalue weighted by molar-refractivity contribution is 7.99. The molecule has 1 N–H and O–H groups in total. The number of hydrogen-bond acceptors (Lipinski definition) is 3. The largest absolute Gasteiger partial charge is 0.507 e. The molecule has 15 heavy (non-hydrogen) atoms. The van der Waals surface area contributed by atoms with E-state index in [1.54, 1.807) is 6.07 Å². The van der Waals surface area contributed by atoms with Crippen molar-refractivity contribution in [3.63, 3.8) is 0 Å². The van der Waals surface area contributed by atoms with Gasteiger partial charge in [-0.3, -0.25) is 4.99 Å². The summed E-state index contributed by atoms with van der Waals surface area (Å²) in [7, 11) is 0. The van der Waals surface area contributed by atoms with Gasteiger partial charge >= 0.3 is 0 Å². The maximum absolute atomic E-state index is 9.60. The number of thioether (sulfide) groups is 1. The third-order valence-electron chi connectivity index (χ3n) is 2.08. The monoisotopic (exact) mass is 223 g/mol. The minimum atomic E-state index is 0.307. The first kappa shape index (κ1) is 12.1. The van der Waals surface area contributed by atoms with Gasteiger partial charge in [0.15, 0.2) is 0 Å². The predicted octanol–water partition coefficient (Wildman–Crippen LogP) is 2.95. The first-order valence-corrected chi connectivity index (χ1v) is 6.28. The normalized spacial score (nSPS) is 11.7. The van der Waals surface area contributed by atoms with Crippen LogP contribution in [0.1, 0.15) is 19.4 Å². The van der Waals surface area contributed by atoms with Gasteiger partial charge in [0.2, 0.25) is 0 Å². The average molecular weight is 223 g/mol. The fraction of sp³-hybridized carbons (Fsp3) is 0.417. The maximum Gasteiger partial charge on any atom is 0.124 e. The van der Waals surface area contributed by atoms with Gasteiger partial charge in [-0.15, -0.1) is 0 Å². The van der Waals surface area contributed by atoms with Crippen LogP contribution in [0.3, 0.4) is 0 Å². The third-order valence-corrected chi connectivity index (χ3v) is 2.96. The molecule has 1 aromatic carbocycles. The van der Waals surface area contributed by atoms with Gasteiger partial charge in [0.1, 0.15) is 5.75 Å². The molecule has 0 aliphatic carbocycles. The second kappa shape index (κ2) is 6.51. The molecule has 0 radical (unpaired) electrons. The van der Waals surface area contributed by atoms with Crippen LogP contribution in [0.5, 0.6) is 5.75 Å². The number of rotatable bonds is 5. The predicted molar refractivity (Wildman–Crippen MR) is 68.2 cm³/mol. The Balaban J connectivity index is 2.60. The standard InChI is InChI=1S/C12H17NOS/c1-3-15-9-8-13-10(2)11-6-4-5-7-12(11)14/h4-7,14H,3,8-9H2,1-2H3. The second-order valence-corrected chi connectivity index (χ2v) is 4.58. The lowest BCUT2D eigenvalue weighted by atomic mass is 10.1. The Morgan fingerprint density at radius 3 is 2.80 bits per heavy atom. The van der Waals surface area contributed by atoms with Gasteiger partial charge in [0.25, 0.3) is 0 Å². The Hall–Kier alpha value is -0.960. The molecule has 0 unspecified atom stereocenters. The molecular weight excluding hydrogens is 206 g/mol. The number of benzene rings is 1. The summed E-state index contributed by atoms with van der Waals surface area (Å²) in [5.41, 5.74) is 1.74. The van der Waals surface area contributed by atoms with Crippen molar-refractivity contribution in [3.05, 3.63) is 29.8 Å². The summed E-state index contributed by atoms with van der Waals surface area (Å²) in [5, 5.41) is 9.60. The van der Waals surface area contributed by atoms with Crippen LogP contribution in [0.15, 0.2) is 29.3 Å². The van der Waals surface area contributed by atoms with Crippen molar-refractivity contribution in [2.45, 2.75) is 13.8 Å². The molecule has 0 heterocycles. The maximum atomic E-state index is 9.60. The summed E-state index contributed by atoms with van der Waals surface area (Å²) >= 11 is 1.88. The summed E-state index contributed by atoms with van der Waals surface area (Å²) in [4.78, 5) is 4.43. The lowest BCUT2D eigenvalue weighted by molar-refractivity contribution is 0.474. The molecule has 0 aromatic heterocycles. The summed E-state index contributed by atoms with van der Waals surface area (Å²) in [5.74, 6) is 2.48. The molecule has 3 heteroatoms. The lowest BCUT2D eigenvalue weighted by Crippen LogP contribution is -1.98. The van der Waals surface area contributed by atoms with Gasteiger partial charge in [0, 0.05) is 23.6 Å². The number of nitrogens with zero attached hydrogens (tertiary/aromatic N) is 1. The van der Waals surface area contributed by atoms with Crippen LogP contribution in [0.25, 0.3) is 0 Å². The third kappa shape index (κ3) is 3.96. The van der Waals surface area contributed by atoms with Gasteiger partial charge in [-0.05, 0) is 24.8 Å². The van der Waals surface area contributed by atoms with E-state index in [9.17, 15) is 5.11 Å². The van der Waals surface area contributed by atoms with Gasteiger partial charge < -0.3 is 5.11 Å². The number of phenols is 1. The van der Waals surface area contributed by atoms with Crippen molar-refractivity contribution in [2.24, 2.45) is 4.99 Å². The molecule has 2 nitrogen and oxygen atoms in total. The number of aromatic hydroxyl groups is 1. The zero-order chi connectivity index (χ0) is 11.1. The molecular formula is C12H17NOS. The van der Waals surface area contributed by atoms with Crippen LogP contribution < -0.4 is 0 Å². The Morgan fingerprint density at radius 2 is 2.13 bits per heavy atom. The van der Waals surface area contributed by atoms with Crippen molar-refractivity contribution in [1.82, 2.24) is 0 Å². The van der Waals surface area contributed by atoms with Crippen molar-refractivity contribution < 1.29 is 5.11 Å². The van der Waals surface area contributed by atoms with Crippen LogP contribution in [0.4, 0.5) is 0 Å². The smallest absolute Gasteiger partial charge is 0.124 e. The zero-order valence-corrected chi connectivity index (χ0v) is 10.0. The van der Waals surface area contributed by atoms with E-state index in [1.807, 2.05) is 36.9 Å². The number of hydrogen-bond donors (Lipinski definition) is 1. The zero-order valence-electron chi connectivity index (χ0n) is 9.23. The Morgan fingerprint density at radius 1 is 1.40 bits per heavy atom. The fourth-order valence-electron chi connectivity index (χ4n) is 1.29. The summed E-state index contributed by atoms with van der Waals surface area (Å²) in [6.45, 7) is 4.90. The highest BCUT2D eigenvalue weighted by Gasteiger charge is 2.01. The fourth-order valence-corrected chi connectivity index (χ4v) is 1.80. The van der Waals surface area contributed by atoms with Crippen molar-refractivity contribution in [3.8, 4) is 5.75 Å². The molecule has 0 atom stereocenters. The quantitative estimate of drug-likeness (QED) is 0.615. The van der Waals surface area contributed by atoms with Crippen molar-refractivity contribution in [1.29, 1.82) is 0 Å². The Kier molecular flexibility index (Phi) is 5.26. The van der Waals surface area contributed by atoms with E-state index in [0.717, 1.165) is 29.3 Å². The Bertz CT molecular complexity index is 336. The van der Waals surface area contributed by atoms with Crippen LogP contribution in [0, 0.1) is 0 Å². The number of para-hydroxylation sites is 1. The number of phenolic OH excluding ortho intramolecular Hbond substituents is 1. The molecule has 0 bridgehead atoms. The summed E-state index contributed by atoms with van der Waals surface area (Å²) < 4.78 is 0. The summed E-state index contributed by atoms with van der Waals surface area (Å²) in [6.07, 6.45) is 0. The minimum Gasteiger partial charge on any atom is -0.507 e. The van der Waals surface area contributed by atoms with E-state index < -0.39 is 0 Å². The topological polar surface area (TPSA) is 32.6 Å². The van der Waals surface area contributed by atoms with Gasteiger partial charge in [-0.25, -0.2) is 0 Å². The van der Waals surface area contributed by atoms with E-state index in [1.165, 1.54) is 0 Å².